The fourth-order valence-corrected chi connectivity index (χ4v) is 2.62. The molecule has 1 aromatic carbocycles. The van der Waals surface area contributed by atoms with E-state index in [9.17, 15) is 4.79 Å². The molecule has 0 aliphatic rings. The minimum Gasteiger partial charge on any atom is -0.465 e. The third-order valence-electron chi connectivity index (χ3n) is 2.96. The van der Waals surface area contributed by atoms with E-state index in [0.717, 1.165) is 11.3 Å². The number of rotatable bonds is 5. The molecule has 0 bridgehead atoms. The molecule has 0 amide bonds. The lowest BCUT2D eigenvalue weighted by Gasteiger charge is -2.07. The third kappa shape index (κ3) is 4.09. The maximum atomic E-state index is 11.5. The molecule has 112 valence electrons. The second-order valence-electron chi connectivity index (χ2n) is 4.62. The van der Waals surface area contributed by atoms with Crippen LogP contribution >= 0.6 is 11.8 Å². The number of aromatic nitrogens is 1. The first-order chi connectivity index (χ1) is 10.6. The van der Waals surface area contributed by atoms with Gasteiger partial charge < -0.3 is 4.74 Å². The first kappa shape index (κ1) is 16.1. The molecule has 0 aliphatic carbocycles. The summed E-state index contributed by atoms with van der Waals surface area (Å²) in [4.78, 5) is 16.0. The van der Waals surface area contributed by atoms with Crippen LogP contribution in [0.1, 0.15) is 18.1 Å². The van der Waals surface area contributed by atoms with Gasteiger partial charge in [0, 0.05) is 5.56 Å². The van der Waals surface area contributed by atoms with Crippen LogP contribution in [-0.2, 0) is 9.53 Å². The van der Waals surface area contributed by atoms with Crippen molar-refractivity contribution >= 4 is 17.7 Å². The Hall–Kier alpha value is -2.32. The number of nitrogens with zero attached hydrogens (tertiary/aromatic N) is 2. The number of carbonyl (C=O) groups is 1. The number of hydrogen-bond acceptors (Lipinski definition) is 5. The molecule has 22 heavy (non-hydrogen) atoms. The fraction of sp³-hybridized carbons (Fsp3) is 0.235. The van der Waals surface area contributed by atoms with Crippen molar-refractivity contribution in [3.63, 3.8) is 0 Å². The lowest BCUT2D eigenvalue weighted by atomic mass is 10.1. The van der Waals surface area contributed by atoms with Gasteiger partial charge in [0.15, 0.2) is 0 Å². The first-order valence-corrected chi connectivity index (χ1v) is 7.89. The molecule has 0 N–H and O–H groups in total. The second kappa shape index (κ2) is 7.62. The average Bonchev–Trinajstić information content (AvgIpc) is 2.53. The normalized spacial score (nSPS) is 10.0. The Morgan fingerprint density at radius 2 is 2.00 bits per heavy atom. The minimum absolute atomic E-state index is 0.146. The molecule has 0 fully saturated rings. The van der Waals surface area contributed by atoms with E-state index in [4.69, 9.17) is 10.00 Å². The molecule has 0 saturated heterocycles. The highest BCUT2D eigenvalue weighted by Gasteiger charge is 2.11. The number of nitriles is 1. The van der Waals surface area contributed by atoms with Gasteiger partial charge in [-0.05, 0) is 26.0 Å². The SMILES string of the molecule is CCOC(=O)CSc1nc(-c2ccc(C)cc2)ccc1C#N. The van der Waals surface area contributed by atoms with Gasteiger partial charge >= 0.3 is 5.97 Å². The van der Waals surface area contributed by atoms with Crippen LogP contribution in [0.2, 0.25) is 0 Å². The van der Waals surface area contributed by atoms with Crippen molar-refractivity contribution in [3.05, 3.63) is 47.5 Å². The zero-order valence-corrected chi connectivity index (χ0v) is 13.3. The number of thioether (sulfide) groups is 1. The molecule has 4 nitrogen and oxygen atoms in total. The highest BCUT2D eigenvalue weighted by molar-refractivity contribution is 7.99. The second-order valence-corrected chi connectivity index (χ2v) is 5.58. The molecule has 0 radical (unpaired) electrons. The predicted molar refractivity (Wildman–Crippen MR) is 86.5 cm³/mol. The van der Waals surface area contributed by atoms with Crippen LogP contribution in [0.4, 0.5) is 0 Å². The standard InChI is InChI=1S/C17H16N2O2S/c1-3-21-16(20)11-22-17-14(10-18)8-9-15(19-17)13-6-4-12(2)5-7-13/h4-9H,3,11H2,1-2H3. The van der Waals surface area contributed by atoms with E-state index in [1.807, 2.05) is 37.3 Å². The molecule has 2 rings (SSSR count). The van der Waals surface area contributed by atoms with Crippen molar-refractivity contribution in [1.29, 1.82) is 5.26 Å². The van der Waals surface area contributed by atoms with E-state index in [1.54, 1.807) is 13.0 Å². The number of esters is 1. The average molecular weight is 312 g/mol. The summed E-state index contributed by atoms with van der Waals surface area (Å²) < 4.78 is 4.89. The highest BCUT2D eigenvalue weighted by Crippen LogP contribution is 2.25. The summed E-state index contributed by atoms with van der Waals surface area (Å²) in [5, 5.41) is 9.72. The molecular formula is C17H16N2O2S. The molecule has 1 heterocycles. The smallest absolute Gasteiger partial charge is 0.316 e. The van der Waals surface area contributed by atoms with E-state index in [2.05, 4.69) is 11.1 Å². The summed E-state index contributed by atoms with van der Waals surface area (Å²) in [6.45, 7) is 4.14. The fourth-order valence-electron chi connectivity index (χ4n) is 1.85. The Bertz CT molecular complexity index is 706. The third-order valence-corrected chi connectivity index (χ3v) is 3.92. The van der Waals surface area contributed by atoms with Crippen molar-refractivity contribution in [3.8, 4) is 17.3 Å². The molecule has 1 aromatic heterocycles. The molecule has 0 atom stereocenters. The van der Waals surface area contributed by atoms with E-state index < -0.39 is 0 Å². The Kier molecular flexibility index (Phi) is 5.56. The zero-order valence-electron chi connectivity index (χ0n) is 12.5. The molecular weight excluding hydrogens is 296 g/mol. The Labute approximate surface area is 134 Å². The molecule has 0 saturated carbocycles. The topological polar surface area (TPSA) is 63.0 Å². The van der Waals surface area contributed by atoms with Crippen molar-refractivity contribution in [2.24, 2.45) is 0 Å². The summed E-state index contributed by atoms with van der Waals surface area (Å²) in [7, 11) is 0. The number of benzene rings is 1. The van der Waals surface area contributed by atoms with Crippen LogP contribution in [0.25, 0.3) is 11.3 Å². The molecule has 2 aromatic rings. The van der Waals surface area contributed by atoms with Crippen LogP contribution in [0, 0.1) is 18.3 Å². The maximum Gasteiger partial charge on any atom is 0.316 e. The van der Waals surface area contributed by atoms with Gasteiger partial charge in [0.2, 0.25) is 0 Å². The summed E-state index contributed by atoms with van der Waals surface area (Å²) in [5.74, 6) is -0.161. The number of hydrogen-bond donors (Lipinski definition) is 0. The van der Waals surface area contributed by atoms with Crippen LogP contribution in [0.5, 0.6) is 0 Å². The van der Waals surface area contributed by atoms with Gasteiger partial charge in [-0.1, -0.05) is 41.6 Å². The Balaban J connectivity index is 2.24. The number of pyridine rings is 1. The Morgan fingerprint density at radius 3 is 2.64 bits per heavy atom. The van der Waals surface area contributed by atoms with Crippen LogP contribution in [0.15, 0.2) is 41.4 Å². The lowest BCUT2D eigenvalue weighted by molar-refractivity contribution is -0.139. The van der Waals surface area contributed by atoms with Crippen molar-refractivity contribution in [2.75, 3.05) is 12.4 Å². The number of aryl methyl sites for hydroxylation is 1. The van der Waals surface area contributed by atoms with E-state index in [0.29, 0.717) is 17.2 Å². The summed E-state index contributed by atoms with van der Waals surface area (Å²) >= 11 is 1.22. The van der Waals surface area contributed by atoms with Gasteiger partial charge in [0.05, 0.1) is 23.6 Å². The zero-order chi connectivity index (χ0) is 15.9. The van der Waals surface area contributed by atoms with Crippen LogP contribution < -0.4 is 0 Å². The largest absolute Gasteiger partial charge is 0.465 e. The predicted octanol–water partition coefficient (Wildman–Crippen LogP) is 3.58. The Morgan fingerprint density at radius 1 is 1.27 bits per heavy atom. The molecule has 0 aliphatic heterocycles. The van der Waals surface area contributed by atoms with Gasteiger partial charge in [-0.3, -0.25) is 4.79 Å². The van der Waals surface area contributed by atoms with Gasteiger partial charge in [-0.2, -0.15) is 5.26 Å². The maximum absolute atomic E-state index is 11.5. The molecule has 5 heteroatoms. The van der Waals surface area contributed by atoms with Crippen LogP contribution in [0.3, 0.4) is 0 Å². The monoisotopic (exact) mass is 312 g/mol. The van der Waals surface area contributed by atoms with Crippen molar-refractivity contribution in [2.45, 2.75) is 18.9 Å². The number of carbonyl (C=O) groups excluding carboxylic acids is 1. The van der Waals surface area contributed by atoms with E-state index >= 15 is 0 Å². The van der Waals surface area contributed by atoms with Crippen molar-refractivity contribution < 1.29 is 9.53 Å². The molecule has 0 spiro atoms. The van der Waals surface area contributed by atoms with Gasteiger partial charge in [0.1, 0.15) is 11.1 Å². The van der Waals surface area contributed by atoms with Crippen LogP contribution in [-0.4, -0.2) is 23.3 Å². The molecule has 0 unspecified atom stereocenters. The van der Waals surface area contributed by atoms with Gasteiger partial charge in [-0.25, -0.2) is 4.98 Å². The summed E-state index contributed by atoms with van der Waals surface area (Å²) in [6.07, 6.45) is 0. The quantitative estimate of drug-likeness (QED) is 0.623. The minimum atomic E-state index is -0.307. The van der Waals surface area contributed by atoms with Gasteiger partial charge in [-0.15, -0.1) is 0 Å². The lowest BCUT2D eigenvalue weighted by Crippen LogP contribution is -2.07. The van der Waals surface area contributed by atoms with Gasteiger partial charge in [0.25, 0.3) is 0 Å². The summed E-state index contributed by atoms with van der Waals surface area (Å²) in [5.41, 5.74) is 3.40. The van der Waals surface area contributed by atoms with E-state index in [1.165, 1.54) is 17.3 Å². The van der Waals surface area contributed by atoms with E-state index in [-0.39, 0.29) is 11.7 Å². The van der Waals surface area contributed by atoms with Crippen molar-refractivity contribution in [1.82, 2.24) is 4.98 Å². The number of ether oxygens (including phenoxy) is 1. The highest BCUT2D eigenvalue weighted by atomic mass is 32.2. The first-order valence-electron chi connectivity index (χ1n) is 6.90. The summed E-state index contributed by atoms with van der Waals surface area (Å²) in [6, 6.07) is 13.7.